The summed E-state index contributed by atoms with van der Waals surface area (Å²) in [6.45, 7) is 2.16. The van der Waals surface area contributed by atoms with Crippen LogP contribution < -0.4 is 5.01 Å². The van der Waals surface area contributed by atoms with Crippen LogP contribution in [0.2, 0.25) is 0 Å². The molecule has 3 aromatic rings. The molecule has 2 aromatic carbocycles. The average Bonchev–Trinajstić information content (AvgIpc) is 3.10. The third-order valence-corrected chi connectivity index (χ3v) is 5.91. The summed E-state index contributed by atoms with van der Waals surface area (Å²) in [5.74, 6) is 0.0937. The Bertz CT molecular complexity index is 1190. The van der Waals surface area contributed by atoms with Crippen LogP contribution in [0.15, 0.2) is 66.9 Å². The molecule has 0 spiro atoms. The number of unbranched alkanes of at least 4 members (excludes halogenated alkanes) is 2. The number of benzene rings is 2. The van der Waals surface area contributed by atoms with E-state index in [1.165, 1.54) is 23.1 Å². The van der Waals surface area contributed by atoms with Gasteiger partial charge in [0.05, 0.1) is 16.8 Å². The summed E-state index contributed by atoms with van der Waals surface area (Å²) in [5, 5.41) is 2.93. The molecule has 1 aliphatic heterocycles. The first-order valence-electron chi connectivity index (χ1n) is 11.3. The van der Waals surface area contributed by atoms with E-state index in [1.807, 2.05) is 24.3 Å². The molecule has 34 heavy (non-hydrogen) atoms. The highest BCUT2D eigenvalue weighted by Gasteiger charge is 2.39. The van der Waals surface area contributed by atoms with Gasteiger partial charge in [0.25, 0.3) is 5.91 Å². The second-order valence-electron chi connectivity index (χ2n) is 8.31. The number of hydrogen-bond acceptors (Lipinski definition) is 3. The molecule has 0 saturated carbocycles. The van der Waals surface area contributed by atoms with E-state index in [-0.39, 0.29) is 11.1 Å². The number of hydrogen-bond donors (Lipinski definition) is 0. The van der Waals surface area contributed by atoms with Crippen LogP contribution in [0, 0.1) is 0 Å². The van der Waals surface area contributed by atoms with Crippen molar-refractivity contribution in [1.82, 2.24) is 9.99 Å². The number of rotatable bonds is 7. The number of carbonyl (C=O) groups is 1. The molecule has 7 heteroatoms. The maximum atomic E-state index is 13.5. The molecular formula is C27H26F3N3O. The lowest BCUT2D eigenvalue weighted by Gasteiger charge is -2.30. The quantitative estimate of drug-likeness (QED) is 0.359. The highest BCUT2D eigenvalue weighted by atomic mass is 19.4. The van der Waals surface area contributed by atoms with Gasteiger partial charge in [-0.2, -0.15) is 13.2 Å². The largest absolute Gasteiger partial charge is 0.416 e. The zero-order chi connectivity index (χ0) is 24.3. The number of pyridine rings is 1. The lowest BCUT2D eigenvalue weighted by Crippen LogP contribution is -2.39. The standard InChI is InChI=1S/C27H26F3N3O/c1-3-4-5-8-19-10-12-20(13-11-19)17-24-23-18-21(27(28,29)30)14-15-22(23)26(34)33(24)32(2)25-9-6-7-16-31-25/h6-7,9-18H,3-5,8H2,1-2H3/b24-17-. The Balaban J connectivity index is 1.76. The van der Waals surface area contributed by atoms with Gasteiger partial charge >= 0.3 is 6.18 Å². The summed E-state index contributed by atoms with van der Waals surface area (Å²) < 4.78 is 40.4. The van der Waals surface area contributed by atoms with E-state index in [0.717, 1.165) is 37.0 Å². The minimum absolute atomic E-state index is 0.221. The number of nitrogens with zero attached hydrogens (tertiary/aromatic N) is 3. The van der Waals surface area contributed by atoms with Crippen molar-refractivity contribution < 1.29 is 18.0 Å². The van der Waals surface area contributed by atoms with Crippen LogP contribution >= 0.6 is 0 Å². The van der Waals surface area contributed by atoms with E-state index in [9.17, 15) is 18.0 Å². The normalized spacial score (nSPS) is 14.6. The smallest absolute Gasteiger partial charge is 0.267 e. The number of halogens is 3. The minimum Gasteiger partial charge on any atom is -0.267 e. The third-order valence-electron chi connectivity index (χ3n) is 5.91. The highest BCUT2D eigenvalue weighted by molar-refractivity contribution is 6.12. The van der Waals surface area contributed by atoms with Gasteiger partial charge < -0.3 is 0 Å². The van der Waals surface area contributed by atoms with Crippen molar-refractivity contribution in [2.24, 2.45) is 0 Å². The molecule has 1 aliphatic rings. The SMILES string of the molecule is CCCCCc1ccc(/C=C2/c3cc(C(F)(F)F)ccc3C(=O)N2N(C)c2ccccn2)cc1. The van der Waals surface area contributed by atoms with E-state index in [1.54, 1.807) is 42.5 Å². The Labute approximate surface area is 197 Å². The van der Waals surface area contributed by atoms with Crippen molar-refractivity contribution in [3.8, 4) is 0 Å². The van der Waals surface area contributed by atoms with Crippen LogP contribution in [0.4, 0.5) is 19.0 Å². The monoisotopic (exact) mass is 465 g/mol. The number of aromatic nitrogens is 1. The zero-order valence-corrected chi connectivity index (χ0v) is 19.1. The first kappa shape index (κ1) is 23.5. The van der Waals surface area contributed by atoms with Crippen molar-refractivity contribution in [2.45, 2.75) is 38.8 Å². The molecule has 1 amide bonds. The highest BCUT2D eigenvalue weighted by Crippen LogP contribution is 2.40. The second-order valence-corrected chi connectivity index (χ2v) is 8.31. The Morgan fingerprint density at radius 2 is 1.76 bits per heavy atom. The number of anilines is 1. The number of carbonyl (C=O) groups excluding carboxylic acids is 1. The second kappa shape index (κ2) is 9.71. The molecular weight excluding hydrogens is 439 g/mol. The summed E-state index contributed by atoms with van der Waals surface area (Å²) in [7, 11) is 1.67. The lowest BCUT2D eigenvalue weighted by molar-refractivity contribution is -0.137. The summed E-state index contributed by atoms with van der Waals surface area (Å²) in [5.41, 5.74) is 2.05. The Hall–Kier alpha value is -3.61. The molecule has 2 heterocycles. The van der Waals surface area contributed by atoms with Crippen molar-refractivity contribution in [3.63, 3.8) is 0 Å². The van der Waals surface area contributed by atoms with E-state index in [0.29, 0.717) is 11.5 Å². The molecule has 0 bridgehead atoms. The molecule has 176 valence electrons. The van der Waals surface area contributed by atoms with Gasteiger partial charge in [-0.05, 0) is 60.4 Å². The van der Waals surface area contributed by atoms with Crippen molar-refractivity contribution in [3.05, 3.63) is 94.7 Å². The molecule has 0 atom stereocenters. The third kappa shape index (κ3) is 4.83. The molecule has 0 saturated heterocycles. The fourth-order valence-corrected chi connectivity index (χ4v) is 4.06. The van der Waals surface area contributed by atoms with Crippen molar-refractivity contribution >= 4 is 23.5 Å². The number of aryl methyl sites for hydroxylation is 1. The molecule has 4 nitrogen and oxygen atoms in total. The predicted octanol–water partition coefficient (Wildman–Crippen LogP) is 6.84. The van der Waals surface area contributed by atoms with Gasteiger partial charge in [0.15, 0.2) is 0 Å². The predicted molar refractivity (Wildman–Crippen MR) is 128 cm³/mol. The fourth-order valence-electron chi connectivity index (χ4n) is 4.06. The molecule has 4 rings (SSSR count). The van der Waals surface area contributed by atoms with E-state index < -0.39 is 17.6 Å². The van der Waals surface area contributed by atoms with Gasteiger partial charge in [-0.1, -0.05) is 50.1 Å². The summed E-state index contributed by atoms with van der Waals surface area (Å²) in [6.07, 6.45) is 3.25. The van der Waals surface area contributed by atoms with Crippen LogP contribution in [0.25, 0.3) is 11.8 Å². The van der Waals surface area contributed by atoms with Crippen LogP contribution in [-0.4, -0.2) is 22.9 Å². The van der Waals surface area contributed by atoms with Crippen LogP contribution in [0.5, 0.6) is 0 Å². The average molecular weight is 466 g/mol. The summed E-state index contributed by atoms with van der Waals surface area (Å²) in [4.78, 5) is 17.6. The van der Waals surface area contributed by atoms with Crippen molar-refractivity contribution in [1.29, 1.82) is 0 Å². The fraction of sp³-hybridized carbons (Fsp3) is 0.259. The number of amides is 1. The topological polar surface area (TPSA) is 36.4 Å². The number of alkyl halides is 3. The molecule has 0 unspecified atom stereocenters. The Morgan fingerprint density at radius 1 is 1.00 bits per heavy atom. The van der Waals surface area contributed by atoms with Gasteiger partial charge in [0.2, 0.25) is 0 Å². The molecule has 0 fully saturated rings. The molecule has 0 N–H and O–H groups in total. The van der Waals surface area contributed by atoms with E-state index in [4.69, 9.17) is 0 Å². The summed E-state index contributed by atoms with van der Waals surface area (Å²) >= 11 is 0. The minimum atomic E-state index is -4.51. The Kier molecular flexibility index (Phi) is 6.72. The van der Waals surface area contributed by atoms with Crippen LogP contribution in [0.1, 0.15) is 58.8 Å². The number of hydrazine groups is 1. The number of fused-ring (bicyclic) bond motifs is 1. The van der Waals surface area contributed by atoms with Crippen molar-refractivity contribution in [2.75, 3.05) is 12.1 Å². The van der Waals surface area contributed by atoms with E-state index >= 15 is 0 Å². The Morgan fingerprint density at radius 3 is 2.41 bits per heavy atom. The van der Waals surface area contributed by atoms with Crippen LogP contribution in [-0.2, 0) is 12.6 Å². The van der Waals surface area contributed by atoms with Gasteiger partial charge in [-0.3, -0.25) is 9.80 Å². The molecule has 1 aromatic heterocycles. The lowest BCUT2D eigenvalue weighted by atomic mass is 10.0. The van der Waals surface area contributed by atoms with Crippen LogP contribution in [0.3, 0.4) is 0 Å². The van der Waals surface area contributed by atoms with E-state index in [2.05, 4.69) is 11.9 Å². The maximum Gasteiger partial charge on any atom is 0.416 e. The van der Waals surface area contributed by atoms with Gasteiger partial charge in [-0.25, -0.2) is 9.99 Å². The summed E-state index contributed by atoms with van der Waals surface area (Å²) in [6, 6.07) is 16.4. The zero-order valence-electron chi connectivity index (χ0n) is 19.1. The first-order chi connectivity index (χ1) is 16.3. The first-order valence-corrected chi connectivity index (χ1v) is 11.3. The van der Waals surface area contributed by atoms with Gasteiger partial charge in [0, 0.05) is 18.8 Å². The molecule has 0 aliphatic carbocycles. The van der Waals surface area contributed by atoms with Gasteiger partial charge in [0.1, 0.15) is 5.82 Å². The van der Waals surface area contributed by atoms with Gasteiger partial charge in [-0.15, -0.1) is 0 Å². The molecule has 0 radical (unpaired) electrons. The maximum absolute atomic E-state index is 13.5.